The molecule has 1 heterocycles. The molecule has 11 nitrogen and oxygen atoms in total. The smallest absolute Gasteiger partial charge is 0.329 e. The second-order valence-corrected chi connectivity index (χ2v) is 8.60. The molecule has 0 radical (unpaired) electrons. The van der Waals surface area contributed by atoms with Gasteiger partial charge in [-0.25, -0.2) is 9.78 Å². The molecule has 4 N–H and O–H groups in total. The Morgan fingerprint density at radius 3 is 2.28 bits per heavy atom. The number of carbonyl (C=O) groups is 2. The minimum absolute atomic E-state index is 0.152. The summed E-state index contributed by atoms with van der Waals surface area (Å²) in [6.45, 7) is 2.58. The summed E-state index contributed by atoms with van der Waals surface area (Å²) in [4.78, 5) is 28.2. The fourth-order valence-electron chi connectivity index (χ4n) is 2.84. The lowest BCUT2D eigenvalue weighted by molar-refractivity contribution is -0.141. The molecule has 0 bridgehead atoms. The highest BCUT2D eigenvalue weighted by Crippen LogP contribution is 2.35. The van der Waals surface area contributed by atoms with Crippen LogP contribution in [0.1, 0.15) is 13.3 Å². The highest BCUT2D eigenvalue weighted by atomic mass is 35.5. The molecule has 0 aliphatic rings. The first kappa shape index (κ1) is 32.1. The van der Waals surface area contributed by atoms with Crippen molar-refractivity contribution in [2.75, 3.05) is 33.4 Å². The SMILES string of the molecule is CCCN(CCOc1c(Cl)cc(Cl)cc1Cl)C(=O)n1ccnc1.CO[C@@H](C=O)[C@@H](O)[C@H](O)[C@H](O)CO. The molecule has 0 spiro atoms. The molecular formula is C22H30Cl3N3O8. The number of aromatic nitrogens is 2. The van der Waals surface area contributed by atoms with Crippen LogP contribution in [0, 0.1) is 0 Å². The molecule has 2 rings (SSSR count). The molecule has 14 heteroatoms. The minimum Gasteiger partial charge on any atom is -0.489 e. The first-order valence-corrected chi connectivity index (χ1v) is 11.9. The van der Waals surface area contributed by atoms with E-state index in [1.807, 2.05) is 6.92 Å². The van der Waals surface area contributed by atoms with Crippen LogP contribution in [0.4, 0.5) is 4.79 Å². The zero-order chi connectivity index (χ0) is 27.3. The molecule has 202 valence electrons. The molecule has 0 unspecified atom stereocenters. The van der Waals surface area contributed by atoms with E-state index in [1.54, 1.807) is 29.4 Å². The normalized spacial score (nSPS) is 14.1. The molecule has 0 saturated carbocycles. The van der Waals surface area contributed by atoms with Crippen molar-refractivity contribution < 1.29 is 39.5 Å². The maximum absolute atomic E-state index is 12.3. The lowest BCUT2D eigenvalue weighted by Gasteiger charge is -2.24. The van der Waals surface area contributed by atoms with Gasteiger partial charge in [0.25, 0.3) is 0 Å². The van der Waals surface area contributed by atoms with Gasteiger partial charge in [0.2, 0.25) is 0 Å². The van der Waals surface area contributed by atoms with Crippen molar-refractivity contribution in [1.29, 1.82) is 0 Å². The van der Waals surface area contributed by atoms with Crippen molar-refractivity contribution in [3.05, 3.63) is 45.9 Å². The summed E-state index contributed by atoms with van der Waals surface area (Å²) in [5.41, 5.74) is 0. The van der Waals surface area contributed by atoms with E-state index >= 15 is 0 Å². The molecule has 1 aromatic heterocycles. The molecule has 0 aliphatic heterocycles. The van der Waals surface area contributed by atoms with Gasteiger partial charge in [0.15, 0.2) is 12.0 Å². The number of nitrogens with zero attached hydrogens (tertiary/aromatic N) is 3. The number of methoxy groups -OCH3 is 1. The monoisotopic (exact) mass is 569 g/mol. The third kappa shape index (κ3) is 9.83. The van der Waals surface area contributed by atoms with Crippen LogP contribution in [0.25, 0.3) is 0 Å². The zero-order valence-electron chi connectivity index (χ0n) is 19.7. The number of hydrogen-bond donors (Lipinski definition) is 4. The summed E-state index contributed by atoms with van der Waals surface area (Å²) in [7, 11) is 1.18. The molecule has 36 heavy (non-hydrogen) atoms. The van der Waals surface area contributed by atoms with Crippen LogP contribution in [-0.4, -0.2) is 105 Å². The Hall–Kier alpha value is -1.96. The largest absolute Gasteiger partial charge is 0.489 e. The molecule has 0 fully saturated rings. The third-order valence-electron chi connectivity index (χ3n) is 4.73. The molecule has 0 aliphatic carbocycles. The average Bonchev–Trinajstić information content (AvgIpc) is 3.39. The van der Waals surface area contributed by atoms with Gasteiger partial charge in [0.05, 0.1) is 23.2 Å². The predicted molar refractivity (Wildman–Crippen MR) is 134 cm³/mol. The van der Waals surface area contributed by atoms with Gasteiger partial charge >= 0.3 is 6.03 Å². The fraction of sp³-hybridized carbons (Fsp3) is 0.500. The maximum atomic E-state index is 12.3. The van der Waals surface area contributed by atoms with Crippen molar-refractivity contribution in [3.63, 3.8) is 0 Å². The van der Waals surface area contributed by atoms with Crippen molar-refractivity contribution in [2.45, 2.75) is 37.8 Å². The predicted octanol–water partition coefficient (Wildman–Crippen LogP) is 1.88. The first-order chi connectivity index (χ1) is 17.1. The average molecular weight is 571 g/mol. The summed E-state index contributed by atoms with van der Waals surface area (Å²) in [5.74, 6) is 0.365. The van der Waals surface area contributed by atoms with Crippen LogP contribution >= 0.6 is 34.8 Å². The highest BCUT2D eigenvalue weighted by Gasteiger charge is 2.30. The van der Waals surface area contributed by atoms with Gasteiger partial charge in [-0.2, -0.15) is 0 Å². The van der Waals surface area contributed by atoms with E-state index in [-0.39, 0.29) is 12.6 Å². The van der Waals surface area contributed by atoms with E-state index in [0.717, 1.165) is 6.42 Å². The van der Waals surface area contributed by atoms with Crippen LogP contribution < -0.4 is 4.74 Å². The van der Waals surface area contributed by atoms with Crippen molar-refractivity contribution in [2.24, 2.45) is 0 Å². The Morgan fingerprint density at radius 1 is 1.17 bits per heavy atom. The molecule has 0 saturated heterocycles. The quantitative estimate of drug-likeness (QED) is 0.280. The van der Waals surface area contributed by atoms with Gasteiger partial charge in [0, 0.05) is 31.1 Å². The number of ether oxygens (including phenoxy) is 2. The van der Waals surface area contributed by atoms with Crippen LogP contribution in [0.15, 0.2) is 30.9 Å². The fourth-order valence-corrected chi connectivity index (χ4v) is 3.76. The van der Waals surface area contributed by atoms with Gasteiger partial charge in [-0.05, 0) is 18.6 Å². The van der Waals surface area contributed by atoms with Gasteiger partial charge in [-0.3, -0.25) is 4.57 Å². The summed E-state index contributed by atoms with van der Waals surface area (Å²) >= 11 is 18.0. The van der Waals surface area contributed by atoms with Crippen LogP contribution in [0.3, 0.4) is 0 Å². The zero-order valence-corrected chi connectivity index (χ0v) is 22.0. The van der Waals surface area contributed by atoms with Gasteiger partial charge in [0.1, 0.15) is 37.4 Å². The number of amides is 1. The number of carbonyl (C=O) groups excluding carboxylic acids is 2. The molecule has 1 aromatic carbocycles. The van der Waals surface area contributed by atoms with E-state index in [0.29, 0.717) is 40.2 Å². The number of halogens is 3. The first-order valence-electron chi connectivity index (χ1n) is 10.8. The second-order valence-electron chi connectivity index (χ2n) is 7.35. The Kier molecular flexibility index (Phi) is 14.9. The summed E-state index contributed by atoms with van der Waals surface area (Å²) in [5, 5.41) is 36.8. The van der Waals surface area contributed by atoms with Gasteiger partial charge < -0.3 is 39.6 Å². The van der Waals surface area contributed by atoms with E-state index in [9.17, 15) is 14.7 Å². The molecule has 4 atom stereocenters. The van der Waals surface area contributed by atoms with E-state index in [2.05, 4.69) is 9.72 Å². The molecular weight excluding hydrogens is 541 g/mol. The Bertz CT molecular complexity index is 912. The number of imidazole rings is 1. The second kappa shape index (κ2) is 16.7. The van der Waals surface area contributed by atoms with Gasteiger partial charge in [-0.15, -0.1) is 0 Å². The number of hydrogen-bond acceptors (Lipinski definition) is 9. The van der Waals surface area contributed by atoms with Crippen LogP contribution in [0.2, 0.25) is 15.1 Å². The maximum Gasteiger partial charge on any atom is 0.329 e. The summed E-state index contributed by atoms with van der Waals surface area (Å²) < 4.78 is 11.6. The van der Waals surface area contributed by atoms with E-state index < -0.39 is 31.0 Å². The van der Waals surface area contributed by atoms with Crippen molar-refractivity contribution in [1.82, 2.24) is 14.5 Å². The van der Waals surface area contributed by atoms with Crippen LogP contribution in [-0.2, 0) is 9.53 Å². The van der Waals surface area contributed by atoms with E-state index in [1.165, 1.54) is 18.0 Å². The highest BCUT2D eigenvalue weighted by molar-refractivity contribution is 6.40. The van der Waals surface area contributed by atoms with Crippen molar-refractivity contribution in [3.8, 4) is 5.75 Å². The summed E-state index contributed by atoms with van der Waals surface area (Å²) in [6, 6.07) is 2.97. The minimum atomic E-state index is -1.61. The Morgan fingerprint density at radius 2 is 1.81 bits per heavy atom. The van der Waals surface area contributed by atoms with E-state index in [4.69, 9.17) is 54.9 Å². The summed E-state index contributed by atoms with van der Waals surface area (Å²) in [6.07, 6.45) is -0.0851. The lowest BCUT2D eigenvalue weighted by Crippen LogP contribution is -2.47. The number of benzene rings is 1. The number of aliphatic hydroxyl groups excluding tert-OH is 4. The molecule has 2 aromatic rings. The lowest BCUT2D eigenvalue weighted by atomic mass is 10.0. The Labute approximate surface area is 223 Å². The molecule has 1 amide bonds. The van der Waals surface area contributed by atoms with Gasteiger partial charge in [-0.1, -0.05) is 41.7 Å². The third-order valence-corrected chi connectivity index (χ3v) is 5.51. The van der Waals surface area contributed by atoms with Crippen molar-refractivity contribution >= 4 is 47.1 Å². The topological polar surface area (TPSA) is 155 Å². The number of rotatable bonds is 12. The van der Waals surface area contributed by atoms with Crippen LogP contribution in [0.5, 0.6) is 5.75 Å². The number of aldehydes is 1. The Balaban J connectivity index is 0.000000426. The number of aliphatic hydroxyl groups is 4. The standard InChI is InChI=1S/C15H16Cl3N3O2.C7H14O6/c1-2-4-20(15(22)21-5-3-19-10-21)6-7-23-14-12(17)8-11(16)9-13(14)18;1-13-5(3-9)7(12)6(11)4(10)2-8/h3,5,8-10H,2,4,6-7H2,1H3;3-8,10-12H,2H2,1H3/t;4-,5+,6-,7-/m.1/s1.